The number of alkyl halides is 6. The summed E-state index contributed by atoms with van der Waals surface area (Å²) in [5.41, 5.74) is 2.99. The first-order valence-corrected chi connectivity index (χ1v) is 11.8. The number of carbonyl (C=O) groups is 2. The van der Waals surface area contributed by atoms with Crippen molar-refractivity contribution in [3.63, 3.8) is 0 Å². The number of carboxylic acid groups (broad SMARTS) is 2. The maximum Gasteiger partial charge on any atom is 0.490 e. The van der Waals surface area contributed by atoms with Crippen LogP contribution in [0.15, 0.2) is 36.7 Å². The van der Waals surface area contributed by atoms with Crippen molar-refractivity contribution >= 4 is 27.8 Å². The molecular weight excluding hydrogens is 538 g/mol. The Hall–Kier alpha value is -3.47. The van der Waals surface area contributed by atoms with Crippen LogP contribution in [0.1, 0.15) is 16.8 Å². The summed E-state index contributed by atoms with van der Waals surface area (Å²) in [5, 5.41) is 14.2. The van der Waals surface area contributed by atoms with Crippen LogP contribution in [-0.2, 0) is 32.7 Å². The number of pyridine rings is 2. The monoisotopic (exact) mass is 560 g/mol. The zero-order chi connectivity index (χ0) is 28.6. The van der Waals surface area contributed by atoms with Gasteiger partial charge in [0.1, 0.15) is 5.82 Å². The third-order valence-corrected chi connectivity index (χ3v) is 5.69. The van der Waals surface area contributed by atoms with Gasteiger partial charge in [-0.3, -0.25) is 4.98 Å². The topological polar surface area (TPSA) is 141 Å². The SMILES string of the molecule is Cc1ccc2c(n1)N(Cc1ccncc1)CCN(S(C)(=O)=O)C2.O=C(O)C(F)(F)F.O=C(O)C(F)(F)F. The van der Waals surface area contributed by atoms with E-state index < -0.39 is 34.3 Å². The Morgan fingerprint density at radius 1 is 0.946 bits per heavy atom. The quantitative estimate of drug-likeness (QED) is 0.542. The number of fused-ring (bicyclic) bond motifs is 1. The van der Waals surface area contributed by atoms with Gasteiger partial charge in [-0.15, -0.1) is 0 Å². The van der Waals surface area contributed by atoms with Gasteiger partial charge in [0.2, 0.25) is 10.0 Å². The van der Waals surface area contributed by atoms with Crippen LogP contribution in [0.5, 0.6) is 0 Å². The van der Waals surface area contributed by atoms with Gasteiger partial charge in [0.05, 0.1) is 6.26 Å². The number of halogens is 6. The van der Waals surface area contributed by atoms with Crippen molar-refractivity contribution in [1.82, 2.24) is 14.3 Å². The number of nitrogens with zero attached hydrogens (tertiary/aromatic N) is 4. The number of sulfonamides is 1. The lowest BCUT2D eigenvalue weighted by Crippen LogP contribution is -2.34. The molecule has 206 valence electrons. The van der Waals surface area contributed by atoms with E-state index in [0.717, 1.165) is 22.6 Å². The van der Waals surface area contributed by atoms with E-state index in [9.17, 15) is 34.8 Å². The van der Waals surface area contributed by atoms with E-state index in [1.54, 1.807) is 12.4 Å². The first kappa shape index (κ1) is 31.6. The predicted molar refractivity (Wildman–Crippen MR) is 117 cm³/mol. The van der Waals surface area contributed by atoms with Crippen molar-refractivity contribution in [2.45, 2.75) is 32.4 Å². The molecule has 10 nitrogen and oxygen atoms in total. The Kier molecular flexibility index (Phi) is 10.8. The highest BCUT2D eigenvalue weighted by Gasteiger charge is 2.38. The van der Waals surface area contributed by atoms with Crippen molar-refractivity contribution in [1.29, 1.82) is 0 Å². The van der Waals surface area contributed by atoms with Gasteiger partial charge < -0.3 is 15.1 Å². The van der Waals surface area contributed by atoms with Gasteiger partial charge in [-0.1, -0.05) is 6.07 Å². The van der Waals surface area contributed by atoms with E-state index in [2.05, 4.69) is 14.9 Å². The molecule has 2 aromatic rings. The summed E-state index contributed by atoms with van der Waals surface area (Å²) < 4.78 is 88.9. The zero-order valence-electron chi connectivity index (χ0n) is 19.3. The van der Waals surface area contributed by atoms with Gasteiger partial charge in [0.25, 0.3) is 0 Å². The minimum absolute atomic E-state index is 0.369. The fraction of sp³-hybridized carbons (Fsp3) is 0.400. The molecular formula is C20H22F6N4O6S. The lowest BCUT2D eigenvalue weighted by atomic mass is 10.2. The molecule has 37 heavy (non-hydrogen) atoms. The highest BCUT2D eigenvalue weighted by molar-refractivity contribution is 7.88. The van der Waals surface area contributed by atoms with Crippen molar-refractivity contribution in [2.75, 3.05) is 24.2 Å². The molecule has 1 aliphatic heterocycles. The summed E-state index contributed by atoms with van der Waals surface area (Å²) in [5.74, 6) is -4.65. The van der Waals surface area contributed by atoms with Crippen molar-refractivity contribution in [3.8, 4) is 0 Å². The number of anilines is 1. The third kappa shape index (κ3) is 11.0. The molecule has 0 fully saturated rings. The molecule has 17 heteroatoms. The van der Waals surface area contributed by atoms with E-state index in [1.165, 1.54) is 10.6 Å². The van der Waals surface area contributed by atoms with Crippen LogP contribution < -0.4 is 4.90 Å². The Balaban J connectivity index is 0.000000404. The summed E-state index contributed by atoms with van der Waals surface area (Å²) in [6, 6.07) is 7.83. The normalized spacial score (nSPS) is 14.2. The molecule has 2 aromatic heterocycles. The second kappa shape index (κ2) is 12.7. The lowest BCUT2D eigenvalue weighted by Gasteiger charge is -2.24. The van der Waals surface area contributed by atoms with Crippen LogP contribution in [0, 0.1) is 6.92 Å². The second-order valence-electron chi connectivity index (χ2n) is 7.41. The number of hydrogen-bond acceptors (Lipinski definition) is 7. The molecule has 0 unspecified atom stereocenters. The standard InChI is InChI=1S/C16H20N4O2S.2C2HF3O2/c1-13-3-4-15-12-20(23(2,21)22)10-9-19(16(15)18-13)11-14-5-7-17-8-6-14;2*3-2(4,5)1(6)7/h3-8H,9-12H2,1-2H3;2*(H,6,7). The molecule has 0 aliphatic carbocycles. The first-order chi connectivity index (χ1) is 16.8. The minimum Gasteiger partial charge on any atom is -0.475 e. The molecule has 3 heterocycles. The zero-order valence-corrected chi connectivity index (χ0v) is 20.1. The summed E-state index contributed by atoms with van der Waals surface area (Å²) >= 11 is 0. The number of aromatic nitrogens is 2. The van der Waals surface area contributed by atoms with E-state index >= 15 is 0 Å². The largest absolute Gasteiger partial charge is 0.490 e. The first-order valence-electron chi connectivity index (χ1n) is 9.98. The molecule has 0 atom stereocenters. The number of rotatable bonds is 3. The van der Waals surface area contributed by atoms with Gasteiger partial charge in [0, 0.05) is 49.8 Å². The van der Waals surface area contributed by atoms with Crippen LogP contribution in [0.2, 0.25) is 0 Å². The van der Waals surface area contributed by atoms with E-state index in [1.807, 2.05) is 31.2 Å². The maximum atomic E-state index is 12.0. The molecule has 0 aromatic carbocycles. The molecule has 0 amide bonds. The number of aryl methyl sites for hydroxylation is 1. The van der Waals surface area contributed by atoms with Crippen LogP contribution in [0.3, 0.4) is 0 Å². The molecule has 0 spiro atoms. The maximum absolute atomic E-state index is 12.0. The second-order valence-corrected chi connectivity index (χ2v) is 9.40. The fourth-order valence-corrected chi connectivity index (χ4v) is 3.51. The molecule has 3 rings (SSSR count). The minimum atomic E-state index is -5.08. The summed E-state index contributed by atoms with van der Waals surface area (Å²) in [6.07, 6.45) is -5.38. The van der Waals surface area contributed by atoms with Crippen molar-refractivity contribution in [2.24, 2.45) is 0 Å². The Labute approximate surface area is 207 Å². The van der Waals surface area contributed by atoms with Gasteiger partial charge in [-0.2, -0.15) is 30.6 Å². The van der Waals surface area contributed by atoms with E-state index in [-0.39, 0.29) is 0 Å². The highest BCUT2D eigenvalue weighted by atomic mass is 32.2. The molecule has 2 N–H and O–H groups in total. The predicted octanol–water partition coefficient (Wildman–Crippen LogP) is 2.83. The molecule has 0 radical (unpaired) electrons. The van der Waals surface area contributed by atoms with Gasteiger partial charge in [-0.25, -0.2) is 23.0 Å². The summed E-state index contributed by atoms with van der Waals surface area (Å²) in [6.45, 7) is 4.07. The summed E-state index contributed by atoms with van der Waals surface area (Å²) in [4.78, 5) is 28.6. The molecule has 1 aliphatic rings. The third-order valence-electron chi connectivity index (χ3n) is 4.44. The number of hydrogen-bond donors (Lipinski definition) is 2. The van der Waals surface area contributed by atoms with Crippen molar-refractivity contribution < 1.29 is 54.6 Å². The van der Waals surface area contributed by atoms with Gasteiger partial charge in [0.15, 0.2) is 0 Å². The number of aliphatic carboxylic acids is 2. The smallest absolute Gasteiger partial charge is 0.475 e. The average Bonchev–Trinajstić information content (AvgIpc) is 2.93. The van der Waals surface area contributed by atoms with Crippen LogP contribution in [-0.4, -0.2) is 76.5 Å². The molecule has 0 bridgehead atoms. The fourth-order valence-electron chi connectivity index (χ4n) is 2.72. The van der Waals surface area contributed by atoms with Crippen LogP contribution >= 0.6 is 0 Å². The highest BCUT2D eigenvalue weighted by Crippen LogP contribution is 2.26. The molecule has 0 saturated carbocycles. The van der Waals surface area contributed by atoms with Crippen LogP contribution in [0.4, 0.5) is 32.2 Å². The Morgan fingerprint density at radius 3 is 1.86 bits per heavy atom. The van der Waals surface area contributed by atoms with Gasteiger partial charge >= 0.3 is 24.3 Å². The lowest BCUT2D eigenvalue weighted by molar-refractivity contribution is -0.193. The Bertz CT molecular complexity index is 1150. The van der Waals surface area contributed by atoms with E-state index in [0.29, 0.717) is 26.2 Å². The van der Waals surface area contributed by atoms with Gasteiger partial charge in [-0.05, 0) is 30.7 Å². The molecule has 0 saturated heterocycles. The summed E-state index contributed by atoms with van der Waals surface area (Å²) in [7, 11) is -3.23. The average molecular weight is 560 g/mol. The number of carboxylic acids is 2. The van der Waals surface area contributed by atoms with Crippen LogP contribution in [0.25, 0.3) is 0 Å². The van der Waals surface area contributed by atoms with E-state index in [4.69, 9.17) is 19.8 Å². The van der Waals surface area contributed by atoms with Crippen molar-refractivity contribution in [3.05, 3.63) is 53.5 Å². The Morgan fingerprint density at radius 2 is 1.43 bits per heavy atom.